The molecular formula is C22H23N3O. The highest BCUT2D eigenvalue weighted by Gasteiger charge is 2.15. The van der Waals surface area contributed by atoms with Crippen molar-refractivity contribution in [2.24, 2.45) is 0 Å². The molecule has 0 radical (unpaired) electrons. The molecule has 1 N–H and O–H groups in total. The normalized spacial score (nSPS) is 14.8. The third-order valence-electron chi connectivity index (χ3n) is 4.66. The average Bonchev–Trinajstić information content (AvgIpc) is 2.92. The van der Waals surface area contributed by atoms with E-state index in [4.69, 9.17) is 6.42 Å². The molecule has 0 fully saturated rings. The number of H-pyrrole nitrogens is 1. The number of anilines is 1. The molecule has 0 atom stereocenters. The maximum Gasteiger partial charge on any atom is 0.254 e. The lowest BCUT2D eigenvalue weighted by Crippen LogP contribution is -2.24. The minimum absolute atomic E-state index is 0.0741. The minimum atomic E-state index is -0.0741. The molecule has 0 saturated carbocycles. The molecule has 0 saturated heterocycles. The zero-order valence-corrected chi connectivity index (χ0v) is 15.2. The van der Waals surface area contributed by atoms with Gasteiger partial charge < -0.3 is 9.88 Å². The number of terminal acetylenes is 1. The first-order chi connectivity index (χ1) is 12.6. The molecule has 1 aliphatic rings. The largest absolute Gasteiger partial charge is 0.371 e. The number of aromatic nitrogens is 2. The fourth-order valence-corrected chi connectivity index (χ4v) is 3.13. The molecule has 1 aromatic carbocycles. The van der Waals surface area contributed by atoms with E-state index in [1.807, 2.05) is 31.2 Å². The highest BCUT2D eigenvalue weighted by molar-refractivity contribution is 5.63. The van der Waals surface area contributed by atoms with E-state index in [1.54, 1.807) is 6.92 Å². The molecule has 1 aromatic heterocycles. The molecule has 0 spiro atoms. The van der Waals surface area contributed by atoms with Gasteiger partial charge in [0.15, 0.2) is 0 Å². The first kappa shape index (κ1) is 17.8. The highest BCUT2D eigenvalue weighted by Crippen LogP contribution is 2.23. The van der Waals surface area contributed by atoms with Gasteiger partial charge in [0.25, 0.3) is 5.56 Å². The molecule has 4 nitrogen and oxygen atoms in total. The van der Waals surface area contributed by atoms with Crippen molar-refractivity contribution < 1.29 is 0 Å². The Kier molecular flexibility index (Phi) is 5.38. The second kappa shape index (κ2) is 7.88. The van der Waals surface area contributed by atoms with Crippen molar-refractivity contribution >= 4 is 17.3 Å². The Labute approximate surface area is 154 Å². The van der Waals surface area contributed by atoms with Crippen LogP contribution in [-0.2, 0) is 0 Å². The molecule has 0 unspecified atom stereocenters. The molecule has 3 rings (SSSR count). The van der Waals surface area contributed by atoms with Crippen molar-refractivity contribution in [1.82, 2.24) is 9.97 Å². The van der Waals surface area contributed by atoms with Gasteiger partial charge in [-0.2, -0.15) is 0 Å². The van der Waals surface area contributed by atoms with Crippen LogP contribution < -0.4 is 10.5 Å². The zero-order chi connectivity index (χ0) is 18.5. The first-order valence-corrected chi connectivity index (χ1v) is 8.87. The summed E-state index contributed by atoms with van der Waals surface area (Å²) in [5, 5.41) is 0. The Morgan fingerprint density at radius 3 is 2.73 bits per heavy atom. The maximum absolute atomic E-state index is 12.2. The van der Waals surface area contributed by atoms with Gasteiger partial charge in [-0.15, -0.1) is 6.42 Å². The number of nitrogens with zero attached hydrogens (tertiary/aromatic N) is 2. The number of benzene rings is 1. The molecule has 0 bridgehead atoms. The van der Waals surface area contributed by atoms with Gasteiger partial charge in [0, 0.05) is 29.9 Å². The van der Waals surface area contributed by atoms with Gasteiger partial charge in [-0.3, -0.25) is 4.79 Å². The Morgan fingerprint density at radius 1 is 1.27 bits per heavy atom. The number of aromatic amines is 1. The van der Waals surface area contributed by atoms with Gasteiger partial charge in [0.2, 0.25) is 0 Å². The van der Waals surface area contributed by atoms with E-state index in [-0.39, 0.29) is 5.56 Å². The molecule has 26 heavy (non-hydrogen) atoms. The Balaban J connectivity index is 1.81. The molecule has 2 heterocycles. The topological polar surface area (TPSA) is 49.0 Å². The van der Waals surface area contributed by atoms with Crippen LogP contribution in [0.1, 0.15) is 42.4 Å². The standard InChI is InChI=1S/C22H23N3O/c1-4-7-20-16(3)22(26)24-21(23-20)18-8-6-14-25(15-13-18)19-11-9-17(5-2)10-12-19/h2,4,7-12H,6,13-15H2,1,3H3,(H,23,24,26)/b7-4-. The fourth-order valence-electron chi connectivity index (χ4n) is 3.13. The second-order valence-corrected chi connectivity index (χ2v) is 6.37. The first-order valence-electron chi connectivity index (χ1n) is 8.87. The molecule has 0 aliphatic carbocycles. The van der Waals surface area contributed by atoms with Gasteiger partial charge in [-0.1, -0.05) is 18.1 Å². The summed E-state index contributed by atoms with van der Waals surface area (Å²) in [5.41, 5.74) is 4.46. The van der Waals surface area contributed by atoms with E-state index in [2.05, 4.69) is 39.0 Å². The van der Waals surface area contributed by atoms with Crippen LogP contribution in [-0.4, -0.2) is 23.1 Å². The summed E-state index contributed by atoms with van der Waals surface area (Å²) in [6, 6.07) is 8.07. The van der Waals surface area contributed by atoms with Crippen molar-refractivity contribution in [3.05, 3.63) is 69.4 Å². The van der Waals surface area contributed by atoms with Crippen molar-refractivity contribution in [2.75, 3.05) is 18.0 Å². The van der Waals surface area contributed by atoms with E-state index in [1.165, 1.54) is 5.69 Å². The van der Waals surface area contributed by atoms with Crippen LogP contribution in [0, 0.1) is 19.3 Å². The van der Waals surface area contributed by atoms with E-state index in [0.717, 1.165) is 42.8 Å². The van der Waals surface area contributed by atoms with Crippen LogP contribution in [0.4, 0.5) is 5.69 Å². The molecule has 0 amide bonds. The summed E-state index contributed by atoms with van der Waals surface area (Å²) in [7, 11) is 0. The highest BCUT2D eigenvalue weighted by atomic mass is 16.1. The van der Waals surface area contributed by atoms with Crippen LogP contribution in [0.25, 0.3) is 11.6 Å². The van der Waals surface area contributed by atoms with Crippen LogP contribution >= 0.6 is 0 Å². The number of allylic oxidation sites excluding steroid dienone is 1. The number of rotatable bonds is 3. The Hall–Kier alpha value is -3.06. The van der Waals surface area contributed by atoms with Crippen molar-refractivity contribution in [3.63, 3.8) is 0 Å². The van der Waals surface area contributed by atoms with E-state index < -0.39 is 0 Å². The SMILES string of the molecule is C#Cc1ccc(N2CCC=C(c3nc(/C=C\C)c(C)c(=O)[nH]3)CC2)cc1. The van der Waals surface area contributed by atoms with Crippen molar-refractivity contribution in [1.29, 1.82) is 0 Å². The van der Waals surface area contributed by atoms with Crippen LogP contribution in [0.3, 0.4) is 0 Å². The summed E-state index contributed by atoms with van der Waals surface area (Å²) in [4.78, 5) is 22.2. The monoisotopic (exact) mass is 345 g/mol. The van der Waals surface area contributed by atoms with Gasteiger partial charge in [0.1, 0.15) is 5.82 Å². The Bertz CT molecular complexity index is 943. The minimum Gasteiger partial charge on any atom is -0.371 e. The summed E-state index contributed by atoms with van der Waals surface area (Å²) in [6.07, 6.45) is 13.1. The molecule has 4 heteroatoms. The maximum atomic E-state index is 12.2. The predicted octanol–water partition coefficient (Wildman–Crippen LogP) is 3.78. The smallest absolute Gasteiger partial charge is 0.254 e. The van der Waals surface area contributed by atoms with Crippen LogP contribution in [0.5, 0.6) is 0 Å². The summed E-state index contributed by atoms with van der Waals surface area (Å²) in [6.45, 7) is 5.53. The lowest BCUT2D eigenvalue weighted by molar-refractivity contribution is 0.813. The number of nitrogens with one attached hydrogen (secondary N) is 1. The fraction of sp³-hybridized carbons (Fsp3) is 0.273. The van der Waals surface area contributed by atoms with Gasteiger partial charge in [-0.05, 0) is 62.6 Å². The van der Waals surface area contributed by atoms with Crippen LogP contribution in [0.15, 0.2) is 41.2 Å². The summed E-state index contributed by atoms with van der Waals surface area (Å²) >= 11 is 0. The lowest BCUT2D eigenvalue weighted by atomic mass is 10.1. The van der Waals surface area contributed by atoms with Gasteiger partial charge in [0.05, 0.1) is 5.69 Å². The average molecular weight is 345 g/mol. The molecule has 2 aromatic rings. The molecule has 1 aliphatic heterocycles. The second-order valence-electron chi connectivity index (χ2n) is 6.37. The van der Waals surface area contributed by atoms with Gasteiger partial charge in [-0.25, -0.2) is 4.98 Å². The van der Waals surface area contributed by atoms with Crippen molar-refractivity contribution in [2.45, 2.75) is 26.7 Å². The summed E-state index contributed by atoms with van der Waals surface area (Å²) in [5.74, 6) is 3.33. The lowest BCUT2D eigenvalue weighted by Gasteiger charge is -2.23. The zero-order valence-electron chi connectivity index (χ0n) is 15.2. The van der Waals surface area contributed by atoms with Gasteiger partial charge >= 0.3 is 0 Å². The third kappa shape index (κ3) is 3.78. The third-order valence-corrected chi connectivity index (χ3v) is 4.66. The van der Waals surface area contributed by atoms with E-state index in [0.29, 0.717) is 11.4 Å². The van der Waals surface area contributed by atoms with E-state index in [9.17, 15) is 4.79 Å². The molecule has 132 valence electrons. The van der Waals surface area contributed by atoms with E-state index >= 15 is 0 Å². The predicted molar refractivity (Wildman–Crippen MR) is 108 cm³/mol. The summed E-state index contributed by atoms with van der Waals surface area (Å²) < 4.78 is 0. The molecular weight excluding hydrogens is 322 g/mol. The number of hydrogen-bond donors (Lipinski definition) is 1. The Morgan fingerprint density at radius 2 is 2.04 bits per heavy atom. The van der Waals surface area contributed by atoms with Crippen molar-refractivity contribution in [3.8, 4) is 12.3 Å². The number of hydrogen-bond acceptors (Lipinski definition) is 3. The van der Waals surface area contributed by atoms with Crippen LogP contribution in [0.2, 0.25) is 0 Å². The quantitative estimate of drug-likeness (QED) is 0.862.